The molecule has 0 atom stereocenters. The summed E-state index contributed by atoms with van der Waals surface area (Å²) in [5.74, 6) is 0. The number of aromatic nitrogens is 2. The van der Waals surface area contributed by atoms with Crippen molar-refractivity contribution in [2.75, 3.05) is 0 Å². The second-order valence-corrected chi connectivity index (χ2v) is 5.79. The van der Waals surface area contributed by atoms with Crippen LogP contribution in [0.5, 0.6) is 0 Å². The van der Waals surface area contributed by atoms with Crippen LogP contribution in [0.3, 0.4) is 0 Å². The first-order valence-electron chi connectivity index (χ1n) is 7.56. The molecule has 1 heterocycles. The van der Waals surface area contributed by atoms with Crippen LogP contribution in [0.2, 0.25) is 0 Å². The van der Waals surface area contributed by atoms with Gasteiger partial charge in [-0.15, -0.1) is 0 Å². The maximum Gasteiger partial charge on any atom is 0.234 e. The van der Waals surface area contributed by atoms with Crippen molar-refractivity contribution in [3.05, 3.63) is 71.7 Å². The Kier molecular flexibility index (Phi) is 3.76. The van der Waals surface area contributed by atoms with E-state index in [4.69, 9.17) is 0 Å². The molecule has 2 nitrogen and oxygen atoms in total. The van der Waals surface area contributed by atoms with E-state index in [-0.39, 0.29) is 0 Å². The second-order valence-electron chi connectivity index (χ2n) is 5.79. The van der Waals surface area contributed by atoms with E-state index >= 15 is 0 Å². The Morgan fingerprint density at radius 3 is 2.32 bits per heavy atom. The summed E-state index contributed by atoms with van der Waals surface area (Å²) >= 11 is 0. The van der Waals surface area contributed by atoms with Gasteiger partial charge >= 0.3 is 0 Å². The molecule has 0 spiro atoms. The minimum atomic E-state index is 1.06. The van der Waals surface area contributed by atoms with Crippen LogP contribution in [0.1, 0.15) is 17.0 Å². The summed E-state index contributed by atoms with van der Waals surface area (Å²) in [7, 11) is 2.11. The topological polar surface area (TPSA) is 16.8 Å². The average Bonchev–Trinajstić information content (AvgIpc) is 2.54. The largest absolute Gasteiger partial charge is 0.248 e. The van der Waals surface area contributed by atoms with Crippen molar-refractivity contribution in [1.29, 1.82) is 0 Å². The maximum atomic E-state index is 4.54. The molecule has 0 unspecified atom stereocenters. The van der Waals surface area contributed by atoms with Crippen LogP contribution in [0.4, 0.5) is 0 Å². The third kappa shape index (κ3) is 2.52. The van der Waals surface area contributed by atoms with Crippen molar-refractivity contribution < 1.29 is 4.57 Å². The number of rotatable bonds is 2. The highest BCUT2D eigenvalue weighted by Crippen LogP contribution is 2.28. The van der Waals surface area contributed by atoms with Gasteiger partial charge in [0.1, 0.15) is 12.7 Å². The molecule has 22 heavy (non-hydrogen) atoms. The van der Waals surface area contributed by atoms with Gasteiger partial charge in [-0.1, -0.05) is 42.5 Å². The molecule has 0 saturated carbocycles. The summed E-state index contributed by atoms with van der Waals surface area (Å²) in [6.45, 7) is 6.32. The lowest BCUT2D eigenvalue weighted by Crippen LogP contribution is -2.36. The van der Waals surface area contributed by atoms with Crippen LogP contribution in [-0.4, -0.2) is 4.98 Å². The van der Waals surface area contributed by atoms with Crippen LogP contribution < -0.4 is 4.57 Å². The van der Waals surface area contributed by atoms with E-state index in [0.717, 1.165) is 11.4 Å². The molecule has 0 aliphatic rings. The first-order valence-corrected chi connectivity index (χ1v) is 7.56. The lowest BCUT2D eigenvalue weighted by molar-refractivity contribution is -0.667. The number of nitrogens with zero attached hydrogens (tertiary/aromatic N) is 2. The standard InChI is InChI=1S/C20H21N2/c1-14-10-11-18(17-8-6-5-7-9-17)12-19(14)20-16(3)21-13-15(2)22(20)4/h5-13H,1-4H3/q+1. The van der Waals surface area contributed by atoms with Gasteiger partial charge in [0.2, 0.25) is 5.69 Å². The minimum absolute atomic E-state index is 1.06. The molecular weight excluding hydrogens is 268 g/mol. The molecule has 0 fully saturated rings. The van der Waals surface area contributed by atoms with Gasteiger partial charge in [-0.3, -0.25) is 0 Å². The van der Waals surface area contributed by atoms with E-state index < -0.39 is 0 Å². The molecule has 2 aromatic carbocycles. The highest BCUT2D eigenvalue weighted by Gasteiger charge is 2.19. The fraction of sp³-hybridized carbons (Fsp3) is 0.200. The predicted molar refractivity (Wildman–Crippen MR) is 90.5 cm³/mol. The van der Waals surface area contributed by atoms with Crippen LogP contribution in [0.15, 0.2) is 54.7 Å². The van der Waals surface area contributed by atoms with Crippen molar-refractivity contribution in [3.8, 4) is 22.4 Å². The summed E-state index contributed by atoms with van der Waals surface area (Å²) < 4.78 is 2.22. The highest BCUT2D eigenvalue weighted by atomic mass is 15.0. The Morgan fingerprint density at radius 1 is 0.864 bits per heavy atom. The third-order valence-corrected chi connectivity index (χ3v) is 4.25. The summed E-state index contributed by atoms with van der Waals surface area (Å²) in [6, 6.07) is 17.2. The quantitative estimate of drug-likeness (QED) is 0.647. The molecule has 0 aliphatic heterocycles. The van der Waals surface area contributed by atoms with Crippen molar-refractivity contribution in [2.45, 2.75) is 20.8 Å². The van der Waals surface area contributed by atoms with Crippen molar-refractivity contribution in [1.82, 2.24) is 4.98 Å². The van der Waals surface area contributed by atoms with Crippen LogP contribution in [0.25, 0.3) is 22.4 Å². The Labute approximate surface area is 132 Å². The zero-order valence-electron chi connectivity index (χ0n) is 13.6. The fourth-order valence-electron chi connectivity index (χ4n) is 2.82. The number of benzene rings is 2. The molecule has 0 amide bonds. The molecule has 3 rings (SSSR count). The Morgan fingerprint density at radius 2 is 1.59 bits per heavy atom. The lowest BCUT2D eigenvalue weighted by Gasteiger charge is -2.10. The molecule has 110 valence electrons. The van der Waals surface area contributed by atoms with Gasteiger partial charge in [0.15, 0.2) is 5.69 Å². The normalized spacial score (nSPS) is 10.7. The van der Waals surface area contributed by atoms with Crippen LogP contribution >= 0.6 is 0 Å². The van der Waals surface area contributed by atoms with Gasteiger partial charge in [0.25, 0.3) is 0 Å². The van der Waals surface area contributed by atoms with Gasteiger partial charge < -0.3 is 0 Å². The van der Waals surface area contributed by atoms with E-state index in [0.29, 0.717) is 0 Å². The summed E-state index contributed by atoms with van der Waals surface area (Å²) in [5.41, 5.74) is 8.40. The van der Waals surface area contributed by atoms with Crippen LogP contribution in [-0.2, 0) is 7.05 Å². The van der Waals surface area contributed by atoms with Gasteiger partial charge in [-0.2, -0.15) is 4.57 Å². The SMILES string of the molecule is Cc1ccc(-c2ccccc2)cc1-c1c(C)ncc(C)[n+]1C. The van der Waals surface area contributed by atoms with Crippen molar-refractivity contribution >= 4 is 0 Å². The van der Waals surface area contributed by atoms with Gasteiger partial charge in [-0.25, -0.2) is 4.98 Å². The summed E-state index contributed by atoms with van der Waals surface area (Å²) in [6.07, 6.45) is 1.93. The Hall–Kier alpha value is -2.48. The molecule has 0 aliphatic carbocycles. The lowest BCUT2D eigenvalue weighted by atomic mass is 9.97. The number of hydrogen-bond acceptors (Lipinski definition) is 1. The fourth-order valence-corrected chi connectivity index (χ4v) is 2.82. The molecule has 1 aromatic heterocycles. The minimum Gasteiger partial charge on any atom is -0.248 e. The average molecular weight is 289 g/mol. The highest BCUT2D eigenvalue weighted by molar-refractivity contribution is 5.73. The smallest absolute Gasteiger partial charge is 0.234 e. The summed E-state index contributed by atoms with van der Waals surface area (Å²) in [5, 5.41) is 0. The van der Waals surface area contributed by atoms with E-state index in [1.807, 2.05) is 12.3 Å². The van der Waals surface area contributed by atoms with E-state index in [1.165, 1.54) is 27.9 Å². The second kappa shape index (κ2) is 5.72. The molecule has 0 N–H and O–H groups in total. The predicted octanol–water partition coefficient (Wildman–Crippen LogP) is 4.17. The maximum absolute atomic E-state index is 4.54. The Bertz CT molecular complexity index is 821. The first kappa shape index (κ1) is 14.5. The van der Waals surface area contributed by atoms with E-state index in [1.54, 1.807) is 0 Å². The molecule has 0 bridgehead atoms. The van der Waals surface area contributed by atoms with Crippen LogP contribution in [0, 0.1) is 20.8 Å². The van der Waals surface area contributed by atoms with Crippen molar-refractivity contribution in [3.63, 3.8) is 0 Å². The Balaban J connectivity index is 2.22. The van der Waals surface area contributed by atoms with Crippen molar-refractivity contribution in [2.24, 2.45) is 7.05 Å². The molecule has 0 radical (unpaired) electrons. The molecular formula is C20H21N2+. The molecule has 0 saturated heterocycles. The number of aryl methyl sites for hydroxylation is 3. The molecule has 2 heteroatoms. The third-order valence-electron chi connectivity index (χ3n) is 4.25. The number of hydrogen-bond donors (Lipinski definition) is 0. The summed E-state index contributed by atoms with van der Waals surface area (Å²) in [4.78, 5) is 4.54. The molecule has 3 aromatic rings. The van der Waals surface area contributed by atoms with E-state index in [9.17, 15) is 0 Å². The van der Waals surface area contributed by atoms with Gasteiger partial charge in [0, 0.05) is 6.92 Å². The van der Waals surface area contributed by atoms with Gasteiger partial charge in [0.05, 0.1) is 11.8 Å². The zero-order chi connectivity index (χ0) is 15.7. The first-order chi connectivity index (χ1) is 10.6. The van der Waals surface area contributed by atoms with E-state index in [2.05, 4.69) is 79.8 Å². The monoisotopic (exact) mass is 289 g/mol. The zero-order valence-corrected chi connectivity index (χ0v) is 13.6. The van der Waals surface area contributed by atoms with Gasteiger partial charge in [-0.05, 0) is 36.6 Å².